The van der Waals surface area contributed by atoms with Gasteiger partial charge in [0.1, 0.15) is 0 Å². The predicted octanol–water partition coefficient (Wildman–Crippen LogP) is 28.3. The van der Waals surface area contributed by atoms with E-state index in [9.17, 15) is 4.57 Å². The molecule has 5 nitrogen and oxygen atoms in total. The zero-order valence-corrected chi connectivity index (χ0v) is 63.1. The van der Waals surface area contributed by atoms with Gasteiger partial charge in [-0.25, -0.2) is 4.57 Å². The fraction of sp³-hybridized carbons (Fsp3) is 0.563. The number of nitrogens with one attached hydrogen (secondary N) is 1. The van der Waals surface area contributed by atoms with Gasteiger partial charge in [0.25, 0.3) is 0 Å². The molecule has 0 heterocycles. The molecule has 0 radical (unpaired) electrons. The van der Waals surface area contributed by atoms with E-state index < -0.39 is 7.82 Å². The molecule has 0 aliphatic carbocycles. The fourth-order valence-electron chi connectivity index (χ4n) is 11.6. The number of phosphoric acid groups is 1. The molecule has 0 amide bonds. The number of anilines is 1. The van der Waals surface area contributed by atoms with Gasteiger partial charge in [-0.2, -0.15) is 0 Å². The summed E-state index contributed by atoms with van der Waals surface area (Å²) in [5.41, 5.74) is 22.3. The summed E-state index contributed by atoms with van der Waals surface area (Å²) in [4.78, 5) is 17.7. The Morgan fingerprint density at radius 1 is 0.355 bits per heavy atom. The lowest BCUT2D eigenvalue weighted by Crippen LogP contribution is -2.02. The van der Waals surface area contributed by atoms with Crippen LogP contribution >= 0.6 is 7.82 Å². The summed E-state index contributed by atoms with van der Waals surface area (Å²) in [7, 11) is -4.36. The Morgan fingerprint density at radius 3 is 0.882 bits per heavy atom. The van der Waals surface area contributed by atoms with Crippen LogP contribution in [0.5, 0.6) is 0 Å². The van der Waals surface area contributed by atoms with Crippen molar-refractivity contribution in [1.29, 1.82) is 0 Å². The number of fused-ring (bicyclic) bond motifs is 1. The Balaban J connectivity index is 1.51. The zero-order valence-electron chi connectivity index (χ0n) is 62.2. The molecule has 2 aromatic rings. The Kier molecular flexibility index (Phi) is 47.2. The molecule has 0 bridgehead atoms. The first-order chi connectivity index (χ1) is 44.5. The highest BCUT2D eigenvalue weighted by atomic mass is 31.2. The molecule has 0 saturated carbocycles. The Hall–Kier alpha value is -5.03. The van der Waals surface area contributed by atoms with Crippen LogP contribution in [0.1, 0.15) is 303 Å². The summed E-state index contributed by atoms with van der Waals surface area (Å²) < 4.78 is 15.4. The molecule has 2 rings (SSSR count). The topological polar surface area (TPSA) is 78.8 Å². The van der Waals surface area contributed by atoms with Gasteiger partial charge in [-0.05, 0) is 313 Å². The highest BCUT2D eigenvalue weighted by Gasteiger charge is 2.14. The molecule has 0 saturated heterocycles. The summed E-state index contributed by atoms with van der Waals surface area (Å²) >= 11 is 0. The van der Waals surface area contributed by atoms with Crippen LogP contribution in [0.15, 0.2) is 206 Å². The van der Waals surface area contributed by atoms with Gasteiger partial charge < -0.3 is 15.1 Å². The van der Waals surface area contributed by atoms with Crippen LogP contribution in [0.2, 0.25) is 0 Å². The summed E-state index contributed by atoms with van der Waals surface area (Å²) in [6, 6.07) is 15.1. The number of allylic oxidation sites excluding steroid dienone is 28. The zero-order chi connectivity index (χ0) is 68.5. The van der Waals surface area contributed by atoms with Crippen molar-refractivity contribution in [2.75, 3.05) is 18.5 Å². The first-order valence-corrected chi connectivity index (χ1v) is 38.1. The Morgan fingerprint density at radius 2 is 0.602 bits per heavy atom. The fourth-order valence-corrected chi connectivity index (χ4v) is 12.0. The average molecular weight is 1290 g/mol. The van der Waals surface area contributed by atoms with Crippen LogP contribution in [0.3, 0.4) is 0 Å². The summed E-state index contributed by atoms with van der Waals surface area (Å²) in [5, 5.41) is 6.26. The van der Waals surface area contributed by atoms with Gasteiger partial charge in [0.05, 0.1) is 6.61 Å². The van der Waals surface area contributed by atoms with Gasteiger partial charge in [-0.3, -0.25) is 4.52 Å². The number of rotatable bonds is 51. The monoisotopic (exact) mass is 1290 g/mol. The van der Waals surface area contributed by atoms with Crippen molar-refractivity contribution in [3.63, 3.8) is 0 Å². The smallest absolute Gasteiger partial charge is 0.385 e. The Labute approximate surface area is 572 Å². The third-order valence-corrected chi connectivity index (χ3v) is 18.8. The van der Waals surface area contributed by atoms with Crippen molar-refractivity contribution in [2.24, 2.45) is 5.92 Å². The minimum atomic E-state index is -4.36. The van der Waals surface area contributed by atoms with Gasteiger partial charge in [-0.1, -0.05) is 206 Å². The number of phosphoric ester groups is 1. The highest BCUT2D eigenvalue weighted by molar-refractivity contribution is 7.46. The van der Waals surface area contributed by atoms with Crippen molar-refractivity contribution in [2.45, 2.75) is 303 Å². The van der Waals surface area contributed by atoms with Crippen molar-refractivity contribution in [3.8, 4) is 0 Å². The van der Waals surface area contributed by atoms with Crippen LogP contribution in [-0.4, -0.2) is 22.9 Å². The molecule has 93 heavy (non-hydrogen) atoms. The second kappa shape index (κ2) is 52.2. The van der Waals surface area contributed by atoms with Gasteiger partial charge in [0.15, 0.2) is 0 Å². The molecular weight excluding hydrogens is 1150 g/mol. The molecule has 2 aromatic carbocycles. The number of hydrogen-bond acceptors (Lipinski definition) is 3. The van der Waals surface area contributed by atoms with E-state index in [2.05, 4.69) is 241 Å². The third-order valence-electron chi connectivity index (χ3n) is 18.3. The maximum Gasteiger partial charge on any atom is 0.469 e. The molecule has 0 aliphatic rings. The van der Waals surface area contributed by atoms with Crippen molar-refractivity contribution < 1.29 is 18.9 Å². The summed E-state index contributed by atoms with van der Waals surface area (Å²) in [5.74, 6) is 0.372. The minimum absolute atomic E-state index is 0.104. The third kappa shape index (κ3) is 48.3. The lowest BCUT2D eigenvalue weighted by Gasteiger charge is -2.11. The van der Waals surface area contributed by atoms with Crippen LogP contribution in [0.4, 0.5) is 5.69 Å². The van der Waals surface area contributed by atoms with Crippen LogP contribution < -0.4 is 5.32 Å². The molecule has 1 unspecified atom stereocenters. The second-order valence-corrected chi connectivity index (χ2v) is 29.3. The number of hydrogen-bond donors (Lipinski definition) is 3. The quantitative estimate of drug-likeness (QED) is 0.0349. The molecule has 0 fully saturated rings. The standard InChI is InChI=1S/C87H136NO4P/c1-70(35-19-37-72(3)39-21-41-74(5)43-23-45-76(7)47-25-49-78(9)51-27-53-80(11)55-29-57-82(13)59-31-61-84(15)67-69-92-93(89,90)91)34-18-36-71(2)38-20-40-73(4)42-22-44-75(6)46-24-48-77(8)50-26-52-79(10)54-28-56-81(12)58-30-60-83(14)62-33-68-88-87-66-32-64-85-63-16-17-65-86(85)87/h16-17,32,35-36,39-40,43-44,47-48,51-52,55-56,59-60,63-66,84,88H,18-31,33-34,37-38,41-42,45-46,49-50,53-54,57-58,61-62,67-69H2,1-15H3,(H2,89,90,91)/b70-35-,71-36-,72-39-,73-40-,74-43-,75-44-,76-47-,77-48-,78-51-,79-52-,80-55-,81-56+,82-59-,83-60+. The molecule has 0 aromatic heterocycles. The summed E-state index contributed by atoms with van der Waals surface area (Å²) in [6.45, 7) is 35.3. The van der Waals surface area contributed by atoms with Crippen molar-refractivity contribution in [3.05, 3.63) is 206 Å². The number of benzene rings is 2. The SMILES string of the molecule is C/C(=C/CC/C(C)=C\CC/C(C)=C\CC/C(C)=C\CC/C(C)=C\CC/C(C)=C\CCC(C)CCOP(=O)(O)O)CC/C=C(/C)CC/C=C(/C)CC/C=C(/C)CC/C=C(/C)CC/C=C(/C)CC/C=C(/C)CC/C=C(\C)CC/C=C(\C)CCCNc1cccc2ccccc12. The highest BCUT2D eigenvalue weighted by Crippen LogP contribution is 2.36. The molecule has 0 spiro atoms. The minimum Gasteiger partial charge on any atom is -0.385 e. The van der Waals surface area contributed by atoms with Gasteiger partial charge in [0.2, 0.25) is 0 Å². The van der Waals surface area contributed by atoms with Crippen LogP contribution in [0.25, 0.3) is 10.8 Å². The lowest BCUT2D eigenvalue weighted by molar-refractivity contribution is 0.185. The molecule has 518 valence electrons. The van der Waals surface area contributed by atoms with E-state index in [1.807, 2.05) is 0 Å². The van der Waals surface area contributed by atoms with E-state index in [1.165, 1.54) is 94.5 Å². The van der Waals surface area contributed by atoms with E-state index >= 15 is 0 Å². The molecule has 0 aliphatic heterocycles. The lowest BCUT2D eigenvalue weighted by atomic mass is 10.0. The van der Waals surface area contributed by atoms with E-state index in [1.54, 1.807) is 0 Å². The molecule has 1 atom stereocenters. The predicted molar refractivity (Wildman–Crippen MR) is 415 cm³/mol. The maximum absolute atomic E-state index is 10.9. The molecular formula is C87H136NO4P. The van der Waals surface area contributed by atoms with E-state index in [0.29, 0.717) is 12.3 Å². The van der Waals surface area contributed by atoms with Gasteiger partial charge in [-0.15, -0.1) is 0 Å². The van der Waals surface area contributed by atoms with Crippen LogP contribution in [0, 0.1) is 5.92 Å². The van der Waals surface area contributed by atoms with E-state index in [-0.39, 0.29) is 6.61 Å². The average Bonchev–Trinajstić information content (AvgIpc) is 1.15. The van der Waals surface area contributed by atoms with Crippen molar-refractivity contribution in [1.82, 2.24) is 0 Å². The van der Waals surface area contributed by atoms with Gasteiger partial charge in [0, 0.05) is 17.6 Å². The maximum atomic E-state index is 10.9. The second-order valence-electron chi connectivity index (χ2n) is 28.1. The normalized spacial score (nSPS) is 15.2. The largest absolute Gasteiger partial charge is 0.469 e. The van der Waals surface area contributed by atoms with E-state index in [0.717, 1.165) is 199 Å². The van der Waals surface area contributed by atoms with Crippen molar-refractivity contribution >= 4 is 24.3 Å². The van der Waals surface area contributed by atoms with Crippen LogP contribution in [-0.2, 0) is 9.09 Å². The van der Waals surface area contributed by atoms with Gasteiger partial charge >= 0.3 is 7.82 Å². The molecule has 3 N–H and O–H groups in total. The Bertz CT molecular complexity index is 2940. The van der Waals surface area contributed by atoms with E-state index in [4.69, 9.17) is 9.79 Å². The first kappa shape index (κ1) is 84.1. The first-order valence-electron chi connectivity index (χ1n) is 36.6. The molecule has 6 heteroatoms. The summed E-state index contributed by atoms with van der Waals surface area (Å²) in [6.07, 6.45) is 68.8.